The minimum Gasteiger partial charge on any atom is -0.331 e. The van der Waals surface area contributed by atoms with E-state index in [1.807, 2.05) is 18.5 Å². The van der Waals surface area contributed by atoms with Gasteiger partial charge < -0.3 is 9.47 Å². The van der Waals surface area contributed by atoms with Crippen LogP contribution in [0, 0.1) is 6.92 Å². The van der Waals surface area contributed by atoms with Crippen molar-refractivity contribution < 1.29 is 0 Å². The van der Waals surface area contributed by atoms with E-state index in [0.717, 1.165) is 13.1 Å². The summed E-state index contributed by atoms with van der Waals surface area (Å²) in [5, 5.41) is 0. The first-order chi connectivity index (χ1) is 12.2. The number of aryl methyl sites for hydroxylation is 1. The second-order valence-corrected chi connectivity index (χ2v) is 7.62. The summed E-state index contributed by atoms with van der Waals surface area (Å²) in [4.78, 5) is 14.4. The molecule has 25 heavy (non-hydrogen) atoms. The largest absolute Gasteiger partial charge is 0.331 e. The van der Waals surface area contributed by atoms with E-state index in [1.165, 1.54) is 55.9 Å². The minimum absolute atomic E-state index is 0.434. The molecule has 0 radical (unpaired) electrons. The molecule has 4 heterocycles. The molecule has 2 aliphatic heterocycles. The number of piperidine rings is 1. The zero-order valence-electron chi connectivity index (χ0n) is 15.4. The second kappa shape index (κ2) is 7.26. The van der Waals surface area contributed by atoms with Gasteiger partial charge in [-0.3, -0.25) is 9.88 Å². The topological polar surface area (TPSA) is 37.2 Å². The molecule has 2 saturated heterocycles. The highest BCUT2D eigenvalue weighted by Gasteiger charge is 2.30. The van der Waals surface area contributed by atoms with Crippen LogP contribution < -0.4 is 0 Å². The molecule has 5 nitrogen and oxygen atoms in total. The van der Waals surface area contributed by atoms with E-state index in [1.54, 1.807) is 0 Å². The number of pyridine rings is 1. The Kier molecular flexibility index (Phi) is 4.86. The van der Waals surface area contributed by atoms with Crippen molar-refractivity contribution in [3.8, 4) is 0 Å². The molecule has 0 amide bonds. The minimum atomic E-state index is 0.434. The standard InChI is InChI=1S/C20H29N5/c1-16-5-3-9-22-20(16)18-6-4-11-24(18)15-19-21-10-14-25(19)17-7-12-23(2)13-8-17/h3,5,9-10,14,17-18H,4,6-8,11-13,15H2,1-2H3. The van der Waals surface area contributed by atoms with Gasteiger partial charge in [0.15, 0.2) is 0 Å². The maximum absolute atomic E-state index is 4.71. The lowest BCUT2D eigenvalue weighted by atomic mass is 10.0. The average molecular weight is 339 g/mol. The molecule has 4 rings (SSSR count). The SMILES string of the molecule is Cc1cccnc1C1CCCN1Cc1nccn1C1CCN(C)CC1. The molecular weight excluding hydrogens is 310 g/mol. The summed E-state index contributed by atoms with van der Waals surface area (Å²) in [6, 6.07) is 5.25. The number of likely N-dealkylation sites (tertiary alicyclic amines) is 2. The highest BCUT2D eigenvalue weighted by atomic mass is 15.2. The van der Waals surface area contributed by atoms with Gasteiger partial charge in [0.1, 0.15) is 5.82 Å². The summed E-state index contributed by atoms with van der Waals surface area (Å²) >= 11 is 0. The molecule has 2 aromatic rings. The molecule has 0 N–H and O–H groups in total. The van der Waals surface area contributed by atoms with Crippen molar-refractivity contribution in [1.29, 1.82) is 0 Å². The number of hydrogen-bond donors (Lipinski definition) is 0. The van der Waals surface area contributed by atoms with Crippen LogP contribution in [-0.2, 0) is 6.54 Å². The van der Waals surface area contributed by atoms with Crippen LogP contribution in [-0.4, -0.2) is 51.0 Å². The second-order valence-electron chi connectivity index (χ2n) is 7.62. The van der Waals surface area contributed by atoms with E-state index in [9.17, 15) is 0 Å². The molecule has 1 atom stereocenters. The Bertz CT molecular complexity index is 702. The van der Waals surface area contributed by atoms with Gasteiger partial charge in [-0.1, -0.05) is 6.07 Å². The number of nitrogens with zero attached hydrogens (tertiary/aromatic N) is 5. The fraction of sp³-hybridized carbons (Fsp3) is 0.600. The summed E-state index contributed by atoms with van der Waals surface area (Å²) in [6.45, 7) is 6.61. The molecule has 0 aliphatic carbocycles. The van der Waals surface area contributed by atoms with Gasteiger partial charge in [-0.05, 0) is 70.9 Å². The smallest absolute Gasteiger partial charge is 0.123 e. The van der Waals surface area contributed by atoms with E-state index < -0.39 is 0 Å². The molecule has 2 aromatic heterocycles. The average Bonchev–Trinajstić information content (AvgIpc) is 3.26. The van der Waals surface area contributed by atoms with Gasteiger partial charge >= 0.3 is 0 Å². The third-order valence-electron chi connectivity index (χ3n) is 5.90. The van der Waals surface area contributed by atoms with E-state index in [-0.39, 0.29) is 0 Å². The van der Waals surface area contributed by atoms with Crippen LogP contribution >= 0.6 is 0 Å². The predicted octanol–water partition coefficient (Wildman–Crippen LogP) is 3.19. The molecule has 0 bridgehead atoms. The van der Waals surface area contributed by atoms with E-state index >= 15 is 0 Å². The Hall–Kier alpha value is -1.72. The van der Waals surface area contributed by atoms with Crippen LogP contribution in [0.5, 0.6) is 0 Å². The Morgan fingerprint density at radius 1 is 1.08 bits per heavy atom. The first-order valence-electron chi connectivity index (χ1n) is 9.58. The fourth-order valence-electron chi connectivity index (χ4n) is 4.43. The predicted molar refractivity (Wildman–Crippen MR) is 99.4 cm³/mol. The van der Waals surface area contributed by atoms with Crippen molar-refractivity contribution in [2.75, 3.05) is 26.7 Å². The van der Waals surface area contributed by atoms with Gasteiger partial charge in [0.05, 0.1) is 18.3 Å². The normalized spacial score (nSPS) is 23.4. The molecule has 5 heteroatoms. The van der Waals surface area contributed by atoms with Gasteiger partial charge in [-0.15, -0.1) is 0 Å². The van der Waals surface area contributed by atoms with Crippen LogP contribution in [0.4, 0.5) is 0 Å². The molecule has 2 aliphatic rings. The number of imidazole rings is 1. The third kappa shape index (κ3) is 3.48. The summed E-state index contributed by atoms with van der Waals surface area (Å²) in [7, 11) is 2.22. The van der Waals surface area contributed by atoms with E-state index in [0.29, 0.717) is 12.1 Å². The molecule has 1 unspecified atom stereocenters. The maximum Gasteiger partial charge on any atom is 0.123 e. The van der Waals surface area contributed by atoms with Gasteiger partial charge in [0.2, 0.25) is 0 Å². The van der Waals surface area contributed by atoms with Crippen molar-refractivity contribution in [3.63, 3.8) is 0 Å². The highest BCUT2D eigenvalue weighted by molar-refractivity contribution is 5.22. The number of hydrogen-bond acceptors (Lipinski definition) is 4. The fourth-order valence-corrected chi connectivity index (χ4v) is 4.43. The van der Waals surface area contributed by atoms with Gasteiger partial charge in [-0.25, -0.2) is 4.98 Å². The number of rotatable bonds is 4. The lowest BCUT2D eigenvalue weighted by Crippen LogP contribution is -2.33. The zero-order valence-corrected chi connectivity index (χ0v) is 15.4. The monoisotopic (exact) mass is 339 g/mol. The molecule has 0 saturated carbocycles. The zero-order chi connectivity index (χ0) is 17.2. The number of aromatic nitrogens is 3. The third-order valence-corrected chi connectivity index (χ3v) is 5.90. The van der Waals surface area contributed by atoms with Gasteiger partial charge in [0.25, 0.3) is 0 Å². The van der Waals surface area contributed by atoms with Crippen LogP contribution in [0.3, 0.4) is 0 Å². The van der Waals surface area contributed by atoms with Crippen molar-refractivity contribution in [3.05, 3.63) is 47.8 Å². The van der Waals surface area contributed by atoms with Crippen LogP contribution in [0.2, 0.25) is 0 Å². The van der Waals surface area contributed by atoms with E-state index in [2.05, 4.69) is 45.6 Å². The molecule has 0 aromatic carbocycles. The first kappa shape index (κ1) is 16.7. The van der Waals surface area contributed by atoms with Crippen molar-refractivity contribution in [2.45, 2.75) is 51.2 Å². The molecule has 2 fully saturated rings. The Morgan fingerprint density at radius 3 is 2.72 bits per heavy atom. The Balaban J connectivity index is 1.51. The Labute approximate surface area is 150 Å². The van der Waals surface area contributed by atoms with Gasteiger partial charge in [0, 0.05) is 24.6 Å². The Morgan fingerprint density at radius 2 is 1.92 bits per heavy atom. The van der Waals surface area contributed by atoms with E-state index in [4.69, 9.17) is 4.98 Å². The summed E-state index contributed by atoms with van der Waals surface area (Å²) in [5.74, 6) is 1.22. The molecule has 0 spiro atoms. The maximum atomic E-state index is 4.71. The lowest BCUT2D eigenvalue weighted by Gasteiger charge is -2.32. The quantitative estimate of drug-likeness (QED) is 0.857. The van der Waals surface area contributed by atoms with Crippen molar-refractivity contribution in [2.24, 2.45) is 0 Å². The van der Waals surface area contributed by atoms with Crippen LogP contribution in [0.15, 0.2) is 30.7 Å². The van der Waals surface area contributed by atoms with Crippen molar-refractivity contribution in [1.82, 2.24) is 24.3 Å². The van der Waals surface area contributed by atoms with Gasteiger partial charge in [-0.2, -0.15) is 0 Å². The van der Waals surface area contributed by atoms with Crippen molar-refractivity contribution >= 4 is 0 Å². The first-order valence-corrected chi connectivity index (χ1v) is 9.58. The molecular formula is C20H29N5. The molecule has 134 valence electrons. The lowest BCUT2D eigenvalue weighted by molar-refractivity contribution is 0.203. The highest BCUT2D eigenvalue weighted by Crippen LogP contribution is 2.34. The summed E-state index contributed by atoms with van der Waals surface area (Å²) in [5.41, 5.74) is 2.55. The van der Waals surface area contributed by atoms with Crippen LogP contribution in [0.25, 0.3) is 0 Å². The van der Waals surface area contributed by atoms with Crippen LogP contribution in [0.1, 0.15) is 54.8 Å². The summed E-state index contributed by atoms with van der Waals surface area (Å²) in [6.07, 6.45) is 11.0. The summed E-state index contributed by atoms with van der Waals surface area (Å²) < 4.78 is 2.44.